The van der Waals surface area contributed by atoms with Gasteiger partial charge in [0.05, 0.1) is 23.6 Å². The number of thiazole rings is 1. The van der Waals surface area contributed by atoms with Crippen LogP contribution in [0.25, 0.3) is 0 Å². The molecule has 122 valence electrons. The number of nitrogens with zero attached hydrogens (tertiary/aromatic N) is 6. The van der Waals surface area contributed by atoms with E-state index in [9.17, 15) is 4.79 Å². The quantitative estimate of drug-likeness (QED) is 0.862. The highest BCUT2D eigenvalue weighted by Crippen LogP contribution is 2.30. The fourth-order valence-electron chi connectivity index (χ4n) is 3.17. The van der Waals surface area contributed by atoms with Gasteiger partial charge < -0.3 is 9.80 Å². The second kappa shape index (κ2) is 5.52. The SMILES string of the molecule is Cc1csc(N2CCC(n3cc(N4CCN(C)C4=O)cn3)C2)n1. The minimum Gasteiger partial charge on any atom is -0.346 e. The summed E-state index contributed by atoms with van der Waals surface area (Å²) in [5.41, 5.74) is 1.97. The molecule has 2 saturated heterocycles. The van der Waals surface area contributed by atoms with Gasteiger partial charge in [-0.05, 0) is 13.3 Å². The molecule has 2 fully saturated rings. The van der Waals surface area contributed by atoms with Gasteiger partial charge in [0.15, 0.2) is 5.13 Å². The van der Waals surface area contributed by atoms with E-state index < -0.39 is 0 Å². The van der Waals surface area contributed by atoms with Crippen LogP contribution in [0, 0.1) is 6.92 Å². The number of hydrogen-bond donors (Lipinski definition) is 0. The van der Waals surface area contributed by atoms with Crippen molar-refractivity contribution in [1.82, 2.24) is 19.7 Å². The Bertz CT molecular complexity index is 725. The number of aromatic nitrogens is 3. The van der Waals surface area contributed by atoms with Crippen LogP contribution in [-0.2, 0) is 0 Å². The van der Waals surface area contributed by atoms with Gasteiger partial charge in [0.25, 0.3) is 0 Å². The Labute approximate surface area is 139 Å². The standard InChI is InChI=1S/C15H20N6OS/c1-11-10-23-14(17-11)19-4-3-12(8-19)21-9-13(7-16-21)20-6-5-18(2)15(20)22/h7,9-10,12H,3-6,8H2,1-2H3. The molecular weight excluding hydrogens is 312 g/mol. The Hall–Kier alpha value is -2.09. The van der Waals surface area contributed by atoms with Crippen LogP contribution in [0.1, 0.15) is 18.2 Å². The van der Waals surface area contributed by atoms with Crippen LogP contribution in [0.4, 0.5) is 15.6 Å². The molecule has 0 saturated carbocycles. The molecular formula is C15H20N6OS. The van der Waals surface area contributed by atoms with Gasteiger partial charge in [-0.15, -0.1) is 11.3 Å². The van der Waals surface area contributed by atoms with Gasteiger partial charge in [0, 0.05) is 44.8 Å². The lowest BCUT2D eigenvalue weighted by atomic mass is 10.3. The Morgan fingerprint density at radius 1 is 1.30 bits per heavy atom. The normalized spacial score (nSPS) is 21.7. The summed E-state index contributed by atoms with van der Waals surface area (Å²) in [6, 6.07) is 0.388. The van der Waals surface area contributed by atoms with E-state index in [1.807, 2.05) is 24.9 Å². The van der Waals surface area contributed by atoms with Crippen LogP contribution in [0.2, 0.25) is 0 Å². The van der Waals surface area contributed by atoms with Crippen LogP contribution >= 0.6 is 11.3 Å². The van der Waals surface area contributed by atoms with Gasteiger partial charge in [-0.25, -0.2) is 9.78 Å². The molecule has 0 spiro atoms. The number of urea groups is 1. The average Bonchev–Trinajstić information content (AvgIpc) is 3.27. The molecule has 0 N–H and O–H groups in total. The van der Waals surface area contributed by atoms with E-state index in [0.717, 1.165) is 49.1 Å². The van der Waals surface area contributed by atoms with Gasteiger partial charge in [0.2, 0.25) is 0 Å². The van der Waals surface area contributed by atoms with E-state index in [-0.39, 0.29) is 6.03 Å². The van der Waals surface area contributed by atoms with Crippen LogP contribution in [-0.4, -0.2) is 58.9 Å². The zero-order chi connectivity index (χ0) is 16.0. The van der Waals surface area contributed by atoms with Crippen molar-refractivity contribution in [3.63, 3.8) is 0 Å². The molecule has 0 bridgehead atoms. The maximum atomic E-state index is 12.1. The number of anilines is 2. The Kier molecular flexibility index (Phi) is 3.48. The fourth-order valence-corrected chi connectivity index (χ4v) is 4.01. The van der Waals surface area contributed by atoms with E-state index in [4.69, 9.17) is 0 Å². The first-order valence-corrected chi connectivity index (χ1v) is 8.73. The van der Waals surface area contributed by atoms with E-state index in [0.29, 0.717) is 6.04 Å². The molecule has 0 aliphatic carbocycles. The van der Waals surface area contributed by atoms with Crippen molar-refractivity contribution >= 4 is 28.2 Å². The molecule has 4 rings (SSSR count). The third kappa shape index (κ3) is 2.56. The molecule has 2 aliphatic rings. The lowest BCUT2D eigenvalue weighted by Crippen LogP contribution is -2.28. The lowest BCUT2D eigenvalue weighted by Gasteiger charge is -2.15. The van der Waals surface area contributed by atoms with Crippen LogP contribution in [0.15, 0.2) is 17.8 Å². The zero-order valence-electron chi connectivity index (χ0n) is 13.3. The summed E-state index contributed by atoms with van der Waals surface area (Å²) in [6.07, 6.45) is 4.85. The molecule has 0 aromatic carbocycles. The number of carbonyl (C=O) groups excluding carboxylic acids is 1. The number of hydrogen-bond acceptors (Lipinski definition) is 5. The predicted octanol–water partition coefficient (Wildman–Crippen LogP) is 1.97. The van der Waals surface area contributed by atoms with E-state index in [1.54, 1.807) is 27.3 Å². The topological polar surface area (TPSA) is 57.5 Å². The Morgan fingerprint density at radius 2 is 2.17 bits per heavy atom. The molecule has 2 aliphatic heterocycles. The molecule has 23 heavy (non-hydrogen) atoms. The lowest BCUT2D eigenvalue weighted by molar-refractivity contribution is 0.229. The minimum atomic E-state index is 0.0517. The van der Waals surface area contributed by atoms with Crippen LogP contribution < -0.4 is 9.80 Å². The van der Waals surface area contributed by atoms with Crippen molar-refractivity contribution in [2.75, 3.05) is 43.0 Å². The highest BCUT2D eigenvalue weighted by Gasteiger charge is 2.30. The first-order valence-electron chi connectivity index (χ1n) is 7.85. The van der Waals surface area contributed by atoms with Gasteiger partial charge in [-0.1, -0.05) is 0 Å². The van der Waals surface area contributed by atoms with Gasteiger partial charge in [-0.2, -0.15) is 5.10 Å². The van der Waals surface area contributed by atoms with E-state index in [2.05, 4.69) is 20.4 Å². The van der Waals surface area contributed by atoms with Crippen molar-refractivity contribution in [3.05, 3.63) is 23.5 Å². The number of aryl methyl sites for hydroxylation is 1. The molecule has 8 heteroatoms. The summed E-state index contributed by atoms with van der Waals surface area (Å²) in [5, 5.41) is 7.68. The third-order valence-electron chi connectivity index (χ3n) is 4.53. The molecule has 2 aromatic heterocycles. The Morgan fingerprint density at radius 3 is 2.87 bits per heavy atom. The summed E-state index contributed by atoms with van der Waals surface area (Å²) in [4.78, 5) is 22.5. The number of carbonyl (C=O) groups is 1. The second-order valence-electron chi connectivity index (χ2n) is 6.19. The van der Waals surface area contributed by atoms with Crippen molar-refractivity contribution in [2.45, 2.75) is 19.4 Å². The predicted molar refractivity (Wildman–Crippen MR) is 90.3 cm³/mol. The summed E-state index contributed by atoms with van der Waals surface area (Å²) in [6.45, 7) is 5.44. The van der Waals surface area contributed by atoms with Crippen molar-refractivity contribution in [2.24, 2.45) is 0 Å². The molecule has 2 amide bonds. The fraction of sp³-hybridized carbons (Fsp3) is 0.533. The third-order valence-corrected chi connectivity index (χ3v) is 5.55. The molecule has 4 heterocycles. The molecule has 7 nitrogen and oxygen atoms in total. The first-order chi connectivity index (χ1) is 11.1. The highest BCUT2D eigenvalue weighted by atomic mass is 32.1. The summed E-state index contributed by atoms with van der Waals surface area (Å²) < 4.78 is 2.00. The number of amides is 2. The molecule has 1 atom stereocenters. The monoisotopic (exact) mass is 332 g/mol. The van der Waals surface area contributed by atoms with Gasteiger partial charge >= 0.3 is 6.03 Å². The highest BCUT2D eigenvalue weighted by molar-refractivity contribution is 7.13. The average molecular weight is 332 g/mol. The number of rotatable bonds is 3. The van der Waals surface area contributed by atoms with Crippen LogP contribution in [0.5, 0.6) is 0 Å². The van der Waals surface area contributed by atoms with E-state index in [1.165, 1.54) is 0 Å². The summed E-state index contributed by atoms with van der Waals surface area (Å²) >= 11 is 1.70. The maximum absolute atomic E-state index is 12.1. The largest absolute Gasteiger partial charge is 0.346 e. The first kappa shape index (κ1) is 14.5. The number of likely N-dealkylation sites (N-methyl/N-ethyl adjacent to an activating group) is 1. The minimum absolute atomic E-state index is 0.0517. The second-order valence-corrected chi connectivity index (χ2v) is 7.03. The summed E-state index contributed by atoms with van der Waals surface area (Å²) in [5.74, 6) is 0. The van der Waals surface area contributed by atoms with Gasteiger partial charge in [-0.3, -0.25) is 9.58 Å². The van der Waals surface area contributed by atoms with Gasteiger partial charge in [0.1, 0.15) is 0 Å². The van der Waals surface area contributed by atoms with Crippen LogP contribution in [0.3, 0.4) is 0 Å². The van der Waals surface area contributed by atoms with Crippen molar-refractivity contribution in [3.8, 4) is 0 Å². The Balaban J connectivity index is 1.47. The maximum Gasteiger partial charge on any atom is 0.324 e. The van der Waals surface area contributed by atoms with Crippen molar-refractivity contribution < 1.29 is 4.79 Å². The molecule has 1 unspecified atom stereocenters. The summed E-state index contributed by atoms with van der Waals surface area (Å²) in [7, 11) is 1.83. The molecule has 2 aromatic rings. The smallest absolute Gasteiger partial charge is 0.324 e. The molecule has 0 radical (unpaired) electrons. The zero-order valence-corrected chi connectivity index (χ0v) is 14.2. The van der Waals surface area contributed by atoms with E-state index >= 15 is 0 Å². The van der Waals surface area contributed by atoms with Crippen molar-refractivity contribution in [1.29, 1.82) is 0 Å².